The SMILES string of the molecule is Cc1c(Cl)cccc1Nc1ncnc(NNc2ccccc2)c1[N+](=O)[O-]. The molecule has 3 aromatic rings. The summed E-state index contributed by atoms with van der Waals surface area (Å²) in [6.45, 7) is 1.81. The Balaban J connectivity index is 1.91. The van der Waals surface area contributed by atoms with Gasteiger partial charge in [0.05, 0.1) is 10.6 Å². The van der Waals surface area contributed by atoms with Crippen molar-refractivity contribution in [2.45, 2.75) is 6.92 Å². The van der Waals surface area contributed by atoms with Gasteiger partial charge in [0.2, 0.25) is 11.6 Å². The van der Waals surface area contributed by atoms with Crippen LogP contribution in [0.4, 0.5) is 28.7 Å². The van der Waals surface area contributed by atoms with Gasteiger partial charge in [-0.05, 0) is 36.8 Å². The summed E-state index contributed by atoms with van der Waals surface area (Å²) in [5.41, 5.74) is 7.47. The molecule has 132 valence electrons. The van der Waals surface area contributed by atoms with E-state index in [-0.39, 0.29) is 17.3 Å². The molecule has 0 saturated heterocycles. The molecule has 3 N–H and O–H groups in total. The van der Waals surface area contributed by atoms with Crippen LogP contribution < -0.4 is 16.2 Å². The molecule has 2 aromatic carbocycles. The number of halogens is 1. The summed E-state index contributed by atoms with van der Waals surface area (Å²) >= 11 is 6.10. The molecule has 0 unspecified atom stereocenters. The van der Waals surface area contributed by atoms with E-state index in [2.05, 4.69) is 26.1 Å². The zero-order valence-corrected chi connectivity index (χ0v) is 14.5. The van der Waals surface area contributed by atoms with E-state index in [0.717, 1.165) is 11.3 Å². The minimum atomic E-state index is -0.544. The lowest BCUT2D eigenvalue weighted by atomic mass is 10.2. The van der Waals surface area contributed by atoms with E-state index in [0.29, 0.717) is 10.7 Å². The fourth-order valence-corrected chi connectivity index (χ4v) is 2.43. The van der Waals surface area contributed by atoms with Crippen LogP contribution in [-0.2, 0) is 0 Å². The second-order valence-electron chi connectivity index (χ2n) is 5.33. The van der Waals surface area contributed by atoms with Crippen molar-refractivity contribution in [1.29, 1.82) is 0 Å². The normalized spacial score (nSPS) is 10.2. The summed E-state index contributed by atoms with van der Waals surface area (Å²) in [5, 5.41) is 15.1. The van der Waals surface area contributed by atoms with E-state index in [4.69, 9.17) is 11.6 Å². The number of rotatable bonds is 6. The summed E-state index contributed by atoms with van der Waals surface area (Å²) in [7, 11) is 0. The maximum atomic E-state index is 11.6. The quantitative estimate of drug-likeness (QED) is 0.432. The molecule has 0 aliphatic carbocycles. The minimum Gasteiger partial charge on any atom is -0.334 e. The second-order valence-corrected chi connectivity index (χ2v) is 5.74. The minimum absolute atomic E-state index is 0.0380. The molecule has 8 nitrogen and oxygen atoms in total. The Morgan fingerprint density at radius 1 is 1.00 bits per heavy atom. The number of hydrazine groups is 1. The average Bonchev–Trinajstić information content (AvgIpc) is 2.64. The molecule has 26 heavy (non-hydrogen) atoms. The van der Waals surface area contributed by atoms with Crippen LogP contribution in [0.2, 0.25) is 5.02 Å². The highest BCUT2D eigenvalue weighted by molar-refractivity contribution is 6.31. The first kappa shape index (κ1) is 17.4. The predicted octanol–water partition coefficient (Wildman–Crippen LogP) is 4.53. The molecule has 0 amide bonds. The first-order chi connectivity index (χ1) is 12.6. The van der Waals surface area contributed by atoms with Crippen LogP contribution in [0.1, 0.15) is 5.56 Å². The maximum absolute atomic E-state index is 11.6. The van der Waals surface area contributed by atoms with Crippen LogP contribution in [0, 0.1) is 17.0 Å². The van der Waals surface area contributed by atoms with Crippen LogP contribution in [0.3, 0.4) is 0 Å². The lowest BCUT2D eigenvalue weighted by Crippen LogP contribution is -2.13. The smallest absolute Gasteiger partial charge is 0.334 e. The standard InChI is InChI=1S/C17H15ClN6O2/c1-11-13(18)8-5-9-14(11)21-16-15(24(25)26)17(20-10-19-16)23-22-12-6-3-2-4-7-12/h2-10,22H,1H3,(H2,19,20,21,23). The topological polar surface area (TPSA) is 105 Å². The van der Waals surface area contributed by atoms with Crippen molar-refractivity contribution in [2.75, 3.05) is 16.2 Å². The number of hydrogen-bond donors (Lipinski definition) is 3. The zero-order valence-electron chi connectivity index (χ0n) is 13.7. The van der Waals surface area contributed by atoms with E-state index in [1.54, 1.807) is 18.2 Å². The Hall–Kier alpha value is -3.39. The van der Waals surface area contributed by atoms with Gasteiger partial charge in [0, 0.05) is 10.7 Å². The number of para-hydroxylation sites is 1. The fourth-order valence-electron chi connectivity index (χ4n) is 2.26. The Labute approximate surface area is 154 Å². The molecule has 1 heterocycles. The predicted molar refractivity (Wildman–Crippen MR) is 102 cm³/mol. The van der Waals surface area contributed by atoms with Crippen molar-refractivity contribution in [3.8, 4) is 0 Å². The van der Waals surface area contributed by atoms with Gasteiger partial charge in [0.25, 0.3) is 0 Å². The number of hydrogen-bond acceptors (Lipinski definition) is 7. The Bertz CT molecular complexity index is 936. The van der Waals surface area contributed by atoms with Gasteiger partial charge in [-0.15, -0.1) is 0 Å². The Morgan fingerprint density at radius 3 is 2.46 bits per heavy atom. The molecule has 3 rings (SSSR count). The molecule has 0 radical (unpaired) electrons. The number of anilines is 4. The van der Waals surface area contributed by atoms with Crippen molar-refractivity contribution >= 4 is 40.3 Å². The highest BCUT2D eigenvalue weighted by Crippen LogP contribution is 2.33. The molecule has 0 aliphatic heterocycles. The third kappa shape index (κ3) is 3.81. The van der Waals surface area contributed by atoms with Gasteiger partial charge in [-0.2, -0.15) is 0 Å². The van der Waals surface area contributed by atoms with Crippen LogP contribution in [0.5, 0.6) is 0 Å². The van der Waals surface area contributed by atoms with Crippen LogP contribution in [0.25, 0.3) is 0 Å². The molecular formula is C17H15ClN6O2. The summed E-state index contributed by atoms with van der Waals surface area (Å²) in [5.74, 6) is 0.101. The lowest BCUT2D eigenvalue weighted by Gasteiger charge is -2.13. The first-order valence-corrected chi connectivity index (χ1v) is 8.02. The molecule has 0 saturated carbocycles. The van der Waals surface area contributed by atoms with E-state index in [9.17, 15) is 10.1 Å². The van der Waals surface area contributed by atoms with Crippen molar-refractivity contribution in [3.63, 3.8) is 0 Å². The highest BCUT2D eigenvalue weighted by Gasteiger charge is 2.23. The average molecular weight is 371 g/mol. The largest absolute Gasteiger partial charge is 0.355 e. The molecule has 0 bridgehead atoms. The van der Waals surface area contributed by atoms with Crippen molar-refractivity contribution in [3.05, 3.63) is 75.6 Å². The molecule has 0 spiro atoms. The molecule has 0 fully saturated rings. The number of benzene rings is 2. The van der Waals surface area contributed by atoms with E-state index < -0.39 is 4.92 Å². The summed E-state index contributed by atoms with van der Waals surface area (Å²) < 4.78 is 0. The number of nitrogens with zero attached hydrogens (tertiary/aromatic N) is 3. The van der Waals surface area contributed by atoms with Crippen molar-refractivity contribution in [1.82, 2.24) is 9.97 Å². The molecule has 0 atom stereocenters. The maximum Gasteiger partial charge on any atom is 0.355 e. The lowest BCUT2D eigenvalue weighted by molar-refractivity contribution is -0.383. The molecule has 0 aliphatic rings. The zero-order chi connectivity index (χ0) is 18.5. The van der Waals surface area contributed by atoms with Crippen molar-refractivity contribution in [2.24, 2.45) is 0 Å². The number of aromatic nitrogens is 2. The Morgan fingerprint density at radius 2 is 1.73 bits per heavy atom. The van der Waals surface area contributed by atoms with E-state index in [1.807, 2.05) is 37.3 Å². The first-order valence-electron chi connectivity index (χ1n) is 7.65. The van der Waals surface area contributed by atoms with Crippen molar-refractivity contribution < 1.29 is 4.92 Å². The van der Waals surface area contributed by atoms with Gasteiger partial charge in [-0.3, -0.25) is 21.0 Å². The monoisotopic (exact) mass is 370 g/mol. The molecule has 9 heteroatoms. The van der Waals surface area contributed by atoms with Crippen LogP contribution in [0.15, 0.2) is 54.9 Å². The third-order valence-corrected chi connectivity index (χ3v) is 4.03. The summed E-state index contributed by atoms with van der Waals surface area (Å²) in [6.07, 6.45) is 1.24. The summed E-state index contributed by atoms with van der Waals surface area (Å²) in [4.78, 5) is 19.0. The van der Waals surface area contributed by atoms with E-state index in [1.165, 1.54) is 6.33 Å². The number of nitrogens with one attached hydrogen (secondary N) is 3. The summed E-state index contributed by atoms with van der Waals surface area (Å²) in [6, 6.07) is 14.4. The van der Waals surface area contributed by atoms with Gasteiger partial charge in [-0.1, -0.05) is 35.9 Å². The second kappa shape index (κ2) is 7.66. The molecular weight excluding hydrogens is 356 g/mol. The van der Waals surface area contributed by atoms with Crippen LogP contribution in [-0.4, -0.2) is 14.9 Å². The van der Waals surface area contributed by atoms with Gasteiger partial charge in [-0.25, -0.2) is 9.97 Å². The Kier molecular flexibility index (Phi) is 5.14. The molecule has 1 aromatic heterocycles. The van der Waals surface area contributed by atoms with Gasteiger partial charge in [0.1, 0.15) is 6.33 Å². The van der Waals surface area contributed by atoms with Gasteiger partial charge in [0.15, 0.2) is 0 Å². The van der Waals surface area contributed by atoms with Gasteiger partial charge >= 0.3 is 5.69 Å². The fraction of sp³-hybridized carbons (Fsp3) is 0.0588. The number of nitro groups is 1. The van der Waals surface area contributed by atoms with Crippen LogP contribution >= 0.6 is 11.6 Å². The van der Waals surface area contributed by atoms with Gasteiger partial charge < -0.3 is 5.32 Å². The third-order valence-electron chi connectivity index (χ3n) is 3.62. The highest BCUT2D eigenvalue weighted by atomic mass is 35.5. The van der Waals surface area contributed by atoms with E-state index >= 15 is 0 Å².